The zero-order chi connectivity index (χ0) is 15.5. The fraction of sp³-hybridized carbons (Fsp3) is 0.867. The second-order valence-electron chi connectivity index (χ2n) is 7.67. The number of ether oxygens (including phenoxy) is 1. The first-order valence-electron chi connectivity index (χ1n) is 8.27. The van der Waals surface area contributed by atoms with Gasteiger partial charge < -0.3 is 14.0 Å². The molecule has 1 aliphatic carbocycles. The van der Waals surface area contributed by atoms with Crippen molar-refractivity contribution in [1.29, 1.82) is 0 Å². The lowest BCUT2D eigenvalue weighted by Crippen LogP contribution is -2.41. The Morgan fingerprint density at radius 3 is 2.27 bits per heavy atom. The van der Waals surface area contributed by atoms with E-state index in [9.17, 15) is 0 Å². The van der Waals surface area contributed by atoms with Crippen LogP contribution in [0.2, 0.25) is 0 Å². The third-order valence-corrected chi connectivity index (χ3v) is 5.36. The van der Waals surface area contributed by atoms with E-state index in [0.29, 0.717) is 12.5 Å². The van der Waals surface area contributed by atoms with Crippen LogP contribution in [0, 0.1) is 0 Å². The first kappa shape index (κ1) is 14.7. The summed E-state index contributed by atoms with van der Waals surface area (Å²) in [4.78, 5) is 1.83. The number of rotatable bonds is 3. The molecule has 3 fully saturated rings. The van der Waals surface area contributed by atoms with Gasteiger partial charge in [0.25, 0.3) is 0 Å². The Labute approximate surface area is 131 Å². The molecule has 2 aliphatic heterocycles. The second-order valence-corrected chi connectivity index (χ2v) is 7.67. The SMILES string of the molecule is CC1(C)OB(c2nn(C3CCOC3)nc2C2CC2)OC1(C)C. The molecule has 1 unspecified atom stereocenters. The van der Waals surface area contributed by atoms with E-state index in [1.807, 2.05) is 4.80 Å². The quantitative estimate of drug-likeness (QED) is 0.790. The zero-order valence-corrected chi connectivity index (χ0v) is 13.8. The average molecular weight is 305 g/mol. The van der Waals surface area contributed by atoms with Gasteiger partial charge in [0.05, 0.1) is 29.5 Å². The van der Waals surface area contributed by atoms with Crippen LogP contribution in [0.25, 0.3) is 0 Å². The van der Waals surface area contributed by atoms with Crippen molar-refractivity contribution < 1.29 is 14.0 Å². The van der Waals surface area contributed by atoms with Crippen LogP contribution in [0.15, 0.2) is 0 Å². The molecule has 7 heteroatoms. The van der Waals surface area contributed by atoms with Gasteiger partial charge in [-0.1, -0.05) is 0 Å². The van der Waals surface area contributed by atoms with Crippen molar-refractivity contribution in [3.63, 3.8) is 0 Å². The second kappa shape index (κ2) is 4.79. The lowest BCUT2D eigenvalue weighted by molar-refractivity contribution is 0.00578. The van der Waals surface area contributed by atoms with E-state index in [1.165, 1.54) is 12.8 Å². The molecular formula is C15H24BN3O3. The van der Waals surface area contributed by atoms with Crippen molar-refractivity contribution in [2.75, 3.05) is 13.2 Å². The Hall–Kier alpha value is -0.915. The minimum absolute atomic E-state index is 0.244. The highest BCUT2D eigenvalue weighted by atomic mass is 16.7. The molecule has 0 aromatic carbocycles. The summed E-state index contributed by atoms with van der Waals surface area (Å²) in [5.74, 6) is 0.519. The van der Waals surface area contributed by atoms with Crippen LogP contribution in [0.5, 0.6) is 0 Å². The van der Waals surface area contributed by atoms with Crippen LogP contribution >= 0.6 is 0 Å². The summed E-state index contributed by atoms with van der Waals surface area (Å²) in [5.41, 5.74) is 1.23. The molecule has 1 atom stereocenters. The molecule has 0 radical (unpaired) electrons. The fourth-order valence-corrected chi connectivity index (χ4v) is 2.98. The van der Waals surface area contributed by atoms with Crippen LogP contribution in [-0.4, -0.2) is 46.5 Å². The minimum atomic E-state index is -0.420. The summed E-state index contributed by atoms with van der Waals surface area (Å²) < 4.78 is 17.8. The summed E-state index contributed by atoms with van der Waals surface area (Å²) in [6.07, 6.45) is 3.35. The first-order valence-corrected chi connectivity index (χ1v) is 8.27. The van der Waals surface area contributed by atoms with Gasteiger partial charge in [0, 0.05) is 12.5 Å². The van der Waals surface area contributed by atoms with E-state index < -0.39 is 7.12 Å². The van der Waals surface area contributed by atoms with Gasteiger partial charge in [0.1, 0.15) is 5.59 Å². The molecule has 0 spiro atoms. The molecule has 22 heavy (non-hydrogen) atoms. The minimum Gasteiger partial charge on any atom is -0.398 e. The maximum atomic E-state index is 6.18. The lowest BCUT2D eigenvalue weighted by atomic mass is 9.82. The third kappa shape index (κ3) is 2.30. The number of nitrogens with zero attached hydrogens (tertiary/aromatic N) is 3. The van der Waals surface area contributed by atoms with Crippen LogP contribution in [0.4, 0.5) is 0 Å². The van der Waals surface area contributed by atoms with Gasteiger partial charge in [0.2, 0.25) is 0 Å². The maximum absolute atomic E-state index is 6.18. The van der Waals surface area contributed by atoms with Crippen LogP contribution in [0.3, 0.4) is 0 Å². The number of aromatic nitrogens is 3. The van der Waals surface area contributed by atoms with E-state index >= 15 is 0 Å². The summed E-state index contributed by atoms with van der Waals surface area (Å²) in [6.45, 7) is 9.76. The van der Waals surface area contributed by atoms with Crippen molar-refractivity contribution in [2.24, 2.45) is 0 Å². The molecule has 6 nitrogen and oxygen atoms in total. The van der Waals surface area contributed by atoms with Crippen molar-refractivity contribution in [1.82, 2.24) is 15.0 Å². The van der Waals surface area contributed by atoms with E-state index in [0.717, 1.165) is 24.3 Å². The highest BCUT2D eigenvalue weighted by Gasteiger charge is 2.54. The van der Waals surface area contributed by atoms with Crippen LogP contribution in [-0.2, 0) is 14.0 Å². The molecule has 2 saturated heterocycles. The fourth-order valence-electron chi connectivity index (χ4n) is 2.98. The lowest BCUT2D eigenvalue weighted by Gasteiger charge is -2.32. The van der Waals surface area contributed by atoms with Crippen LogP contribution < -0.4 is 5.59 Å². The maximum Gasteiger partial charge on any atom is 0.518 e. The van der Waals surface area contributed by atoms with Crippen LogP contribution in [0.1, 0.15) is 64.6 Å². The number of hydrogen-bond acceptors (Lipinski definition) is 5. The summed E-state index contributed by atoms with van der Waals surface area (Å²) >= 11 is 0. The third-order valence-electron chi connectivity index (χ3n) is 5.36. The molecule has 1 aromatic heterocycles. The van der Waals surface area contributed by atoms with Gasteiger partial charge in [-0.25, -0.2) is 0 Å². The Bertz CT molecular complexity index is 561. The normalized spacial score (nSPS) is 30.2. The van der Waals surface area contributed by atoms with Gasteiger partial charge in [-0.3, -0.25) is 0 Å². The molecule has 0 bridgehead atoms. The van der Waals surface area contributed by atoms with Gasteiger partial charge in [-0.15, -0.1) is 0 Å². The van der Waals surface area contributed by atoms with Gasteiger partial charge >= 0.3 is 7.12 Å². The molecule has 120 valence electrons. The van der Waals surface area contributed by atoms with E-state index in [2.05, 4.69) is 27.7 Å². The predicted octanol–water partition coefficient (Wildman–Crippen LogP) is 1.42. The Balaban J connectivity index is 1.66. The smallest absolute Gasteiger partial charge is 0.398 e. The van der Waals surface area contributed by atoms with Crippen molar-refractivity contribution in [2.45, 2.75) is 70.1 Å². The standard InChI is InChI=1S/C15H24BN3O3/c1-14(2)15(3,4)22-16(21-14)13-12(10-5-6-10)17-19(18-13)11-7-8-20-9-11/h10-11H,5-9H2,1-4H3. The molecule has 3 heterocycles. The van der Waals surface area contributed by atoms with Crippen molar-refractivity contribution >= 4 is 12.7 Å². The molecule has 1 saturated carbocycles. The average Bonchev–Trinajstić information content (AvgIpc) is 2.89. The summed E-state index contributed by atoms with van der Waals surface area (Å²) in [5, 5.41) is 9.50. The molecule has 4 rings (SSSR count). The Morgan fingerprint density at radius 1 is 1.05 bits per heavy atom. The Kier molecular flexibility index (Phi) is 3.19. The Morgan fingerprint density at radius 2 is 1.73 bits per heavy atom. The van der Waals surface area contributed by atoms with Gasteiger partial charge in [-0.05, 0) is 47.0 Å². The van der Waals surface area contributed by atoms with Crippen molar-refractivity contribution in [3.8, 4) is 0 Å². The van der Waals surface area contributed by atoms with E-state index in [-0.39, 0.29) is 17.2 Å². The van der Waals surface area contributed by atoms with E-state index in [4.69, 9.17) is 24.2 Å². The highest BCUT2D eigenvalue weighted by Crippen LogP contribution is 2.41. The molecule has 3 aliphatic rings. The molecule has 0 N–H and O–H groups in total. The number of hydrogen-bond donors (Lipinski definition) is 0. The first-order chi connectivity index (χ1) is 10.4. The van der Waals surface area contributed by atoms with Gasteiger partial charge in [-0.2, -0.15) is 15.0 Å². The monoisotopic (exact) mass is 305 g/mol. The van der Waals surface area contributed by atoms with Crippen molar-refractivity contribution in [3.05, 3.63) is 5.69 Å². The predicted molar refractivity (Wildman–Crippen MR) is 82.2 cm³/mol. The summed E-state index contributed by atoms with van der Waals surface area (Å²) in [6, 6.07) is 0.244. The molecule has 0 amide bonds. The summed E-state index contributed by atoms with van der Waals surface area (Å²) in [7, 11) is -0.420. The topological polar surface area (TPSA) is 58.4 Å². The largest absolute Gasteiger partial charge is 0.518 e. The molecular weight excluding hydrogens is 281 g/mol. The highest BCUT2D eigenvalue weighted by molar-refractivity contribution is 6.61. The van der Waals surface area contributed by atoms with Gasteiger partial charge in [0.15, 0.2) is 0 Å². The zero-order valence-electron chi connectivity index (χ0n) is 13.8. The molecule has 1 aromatic rings. The van der Waals surface area contributed by atoms with E-state index in [1.54, 1.807) is 0 Å².